The third-order valence-electron chi connectivity index (χ3n) is 6.52. The van der Waals surface area contributed by atoms with Gasteiger partial charge < -0.3 is 19.1 Å². The van der Waals surface area contributed by atoms with Gasteiger partial charge in [-0.2, -0.15) is 4.98 Å². The van der Waals surface area contributed by atoms with E-state index in [1.807, 2.05) is 55.1 Å². The lowest BCUT2D eigenvalue weighted by atomic mass is 10.1. The maximum atomic E-state index is 12.9. The van der Waals surface area contributed by atoms with Crippen molar-refractivity contribution in [2.24, 2.45) is 0 Å². The van der Waals surface area contributed by atoms with Crippen molar-refractivity contribution in [2.75, 3.05) is 31.1 Å². The molecule has 2 aromatic heterocycles. The van der Waals surface area contributed by atoms with Gasteiger partial charge in [0, 0.05) is 49.4 Å². The SMILES string of the molecule is CC(C)Oc1ccc(C(=O)N2CCN(c3ccc(-c4noc(C5CCCC5)n4)cn3)CC2)cc1. The lowest BCUT2D eigenvalue weighted by molar-refractivity contribution is 0.0746. The first-order chi connectivity index (χ1) is 16.6. The highest BCUT2D eigenvalue weighted by molar-refractivity contribution is 5.94. The number of ether oxygens (including phenoxy) is 1. The molecule has 3 heterocycles. The summed E-state index contributed by atoms with van der Waals surface area (Å²) >= 11 is 0. The maximum Gasteiger partial charge on any atom is 0.253 e. The number of benzene rings is 1. The number of anilines is 1. The van der Waals surface area contributed by atoms with E-state index in [4.69, 9.17) is 9.26 Å². The molecule has 5 rings (SSSR count). The van der Waals surface area contributed by atoms with Crippen LogP contribution in [0.3, 0.4) is 0 Å². The fourth-order valence-electron chi connectivity index (χ4n) is 4.67. The van der Waals surface area contributed by atoms with Crippen LogP contribution in [0.5, 0.6) is 5.75 Å². The highest BCUT2D eigenvalue weighted by Gasteiger charge is 2.25. The summed E-state index contributed by atoms with van der Waals surface area (Å²) in [4.78, 5) is 26.2. The zero-order chi connectivity index (χ0) is 23.5. The van der Waals surface area contributed by atoms with Crippen molar-refractivity contribution in [1.82, 2.24) is 20.0 Å². The Bertz CT molecular complexity index is 1100. The van der Waals surface area contributed by atoms with Gasteiger partial charge in [-0.15, -0.1) is 0 Å². The first-order valence-corrected chi connectivity index (χ1v) is 12.2. The van der Waals surface area contributed by atoms with Gasteiger partial charge in [-0.05, 0) is 63.1 Å². The molecule has 34 heavy (non-hydrogen) atoms. The van der Waals surface area contributed by atoms with E-state index in [2.05, 4.69) is 20.0 Å². The number of aromatic nitrogens is 3. The number of rotatable bonds is 6. The van der Waals surface area contributed by atoms with Crippen molar-refractivity contribution in [3.63, 3.8) is 0 Å². The van der Waals surface area contributed by atoms with Crippen LogP contribution >= 0.6 is 0 Å². The molecule has 2 fully saturated rings. The fourth-order valence-corrected chi connectivity index (χ4v) is 4.67. The van der Waals surface area contributed by atoms with Crippen molar-refractivity contribution in [3.8, 4) is 17.1 Å². The first-order valence-electron chi connectivity index (χ1n) is 12.2. The van der Waals surface area contributed by atoms with Gasteiger partial charge in [0.2, 0.25) is 11.7 Å². The Kier molecular flexibility index (Phi) is 6.47. The summed E-state index contributed by atoms with van der Waals surface area (Å²) in [5.74, 6) is 3.47. The van der Waals surface area contributed by atoms with Crippen molar-refractivity contribution in [3.05, 3.63) is 54.0 Å². The van der Waals surface area contributed by atoms with Gasteiger partial charge >= 0.3 is 0 Å². The topological polar surface area (TPSA) is 84.6 Å². The molecular weight excluding hydrogens is 430 g/mol. The number of hydrogen-bond acceptors (Lipinski definition) is 7. The van der Waals surface area contributed by atoms with Gasteiger partial charge in [0.15, 0.2) is 0 Å². The molecule has 1 aliphatic carbocycles. The Morgan fingerprint density at radius 2 is 1.76 bits per heavy atom. The Morgan fingerprint density at radius 3 is 2.41 bits per heavy atom. The van der Waals surface area contributed by atoms with E-state index in [-0.39, 0.29) is 12.0 Å². The molecule has 0 spiro atoms. The summed E-state index contributed by atoms with van der Waals surface area (Å²) < 4.78 is 11.2. The second kappa shape index (κ2) is 9.83. The Balaban J connectivity index is 1.17. The summed E-state index contributed by atoms with van der Waals surface area (Å²) in [5, 5.41) is 4.16. The third-order valence-corrected chi connectivity index (χ3v) is 6.52. The average Bonchev–Trinajstić information content (AvgIpc) is 3.56. The highest BCUT2D eigenvalue weighted by atomic mass is 16.5. The van der Waals surface area contributed by atoms with Crippen LogP contribution in [0.15, 0.2) is 47.1 Å². The molecular formula is C26H31N5O3. The number of carbonyl (C=O) groups is 1. The van der Waals surface area contributed by atoms with E-state index < -0.39 is 0 Å². The van der Waals surface area contributed by atoms with Crippen molar-refractivity contribution >= 4 is 11.7 Å². The first kappa shape index (κ1) is 22.4. The van der Waals surface area contributed by atoms with E-state index in [1.165, 1.54) is 12.8 Å². The van der Waals surface area contributed by atoms with Crippen molar-refractivity contribution < 1.29 is 14.1 Å². The lowest BCUT2D eigenvalue weighted by Crippen LogP contribution is -2.49. The van der Waals surface area contributed by atoms with Gasteiger partial charge in [-0.25, -0.2) is 4.98 Å². The van der Waals surface area contributed by atoms with Crippen LogP contribution < -0.4 is 9.64 Å². The molecule has 0 N–H and O–H groups in total. The van der Waals surface area contributed by atoms with Gasteiger partial charge in [0.1, 0.15) is 11.6 Å². The van der Waals surface area contributed by atoms with Crippen LogP contribution in [0.25, 0.3) is 11.4 Å². The Hall–Kier alpha value is -3.42. The lowest BCUT2D eigenvalue weighted by Gasteiger charge is -2.35. The van der Waals surface area contributed by atoms with E-state index in [1.54, 1.807) is 6.20 Å². The molecule has 1 aromatic carbocycles. The fraction of sp³-hybridized carbons (Fsp3) is 0.462. The number of piperazine rings is 1. The van der Waals surface area contributed by atoms with E-state index in [9.17, 15) is 4.79 Å². The van der Waals surface area contributed by atoms with Gasteiger partial charge in [-0.1, -0.05) is 18.0 Å². The largest absolute Gasteiger partial charge is 0.491 e. The van der Waals surface area contributed by atoms with Crippen molar-refractivity contribution in [1.29, 1.82) is 0 Å². The average molecular weight is 462 g/mol. The number of pyridine rings is 1. The maximum absolute atomic E-state index is 12.9. The second-order valence-corrected chi connectivity index (χ2v) is 9.31. The van der Waals surface area contributed by atoms with E-state index >= 15 is 0 Å². The number of hydrogen-bond donors (Lipinski definition) is 0. The van der Waals surface area contributed by atoms with Gasteiger partial charge in [-0.3, -0.25) is 4.79 Å². The Morgan fingerprint density at radius 1 is 1.03 bits per heavy atom. The summed E-state index contributed by atoms with van der Waals surface area (Å²) in [6, 6.07) is 11.4. The Labute approximate surface area is 199 Å². The summed E-state index contributed by atoms with van der Waals surface area (Å²) in [6.45, 7) is 6.75. The molecule has 0 unspecified atom stereocenters. The minimum Gasteiger partial charge on any atom is -0.491 e. The minimum absolute atomic E-state index is 0.0502. The van der Waals surface area contributed by atoms with E-state index in [0.29, 0.717) is 30.4 Å². The van der Waals surface area contributed by atoms with Crippen LogP contribution in [-0.4, -0.2) is 58.2 Å². The van der Waals surface area contributed by atoms with E-state index in [0.717, 1.165) is 49.0 Å². The van der Waals surface area contributed by atoms with Crippen LogP contribution in [0.1, 0.15) is 61.7 Å². The van der Waals surface area contributed by atoms with Crippen LogP contribution in [0.2, 0.25) is 0 Å². The predicted octanol–water partition coefficient (Wildman–Crippen LogP) is 4.54. The molecule has 0 radical (unpaired) electrons. The van der Waals surface area contributed by atoms with Crippen molar-refractivity contribution in [2.45, 2.75) is 51.6 Å². The molecule has 178 valence electrons. The molecule has 8 heteroatoms. The molecule has 1 saturated carbocycles. The number of nitrogens with zero attached hydrogens (tertiary/aromatic N) is 5. The summed E-state index contributed by atoms with van der Waals surface area (Å²) in [5.41, 5.74) is 1.54. The third kappa shape index (κ3) is 4.90. The zero-order valence-corrected chi connectivity index (χ0v) is 19.8. The molecule has 0 atom stereocenters. The quantitative estimate of drug-likeness (QED) is 0.533. The summed E-state index contributed by atoms with van der Waals surface area (Å²) in [7, 11) is 0. The standard InChI is InChI=1S/C26H31N5O3/c1-18(2)33-22-10-7-20(8-11-22)26(32)31-15-13-30(14-16-31)23-12-9-21(17-27-23)24-28-25(34-29-24)19-5-3-4-6-19/h7-12,17-19H,3-6,13-16H2,1-2H3. The monoisotopic (exact) mass is 461 g/mol. The molecule has 1 saturated heterocycles. The normalized spacial score (nSPS) is 16.9. The zero-order valence-electron chi connectivity index (χ0n) is 19.8. The predicted molar refractivity (Wildman–Crippen MR) is 129 cm³/mol. The highest BCUT2D eigenvalue weighted by Crippen LogP contribution is 2.34. The summed E-state index contributed by atoms with van der Waals surface area (Å²) in [6.07, 6.45) is 6.64. The molecule has 2 aliphatic rings. The van der Waals surface area contributed by atoms with Gasteiger partial charge in [0.25, 0.3) is 5.91 Å². The van der Waals surface area contributed by atoms with Crippen LogP contribution in [-0.2, 0) is 0 Å². The van der Waals surface area contributed by atoms with Crippen LogP contribution in [0.4, 0.5) is 5.82 Å². The van der Waals surface area contributed by atoms with Gasteiger partial charge in [0.05, 0.1) is 6.10 Å². The second-order valence-electron chi connectivity index (χ2n) is 9.31. The smallest absolute Gasteiger partial charge is 0.253 e. The number of amides is 1. The molecule has 0 bridgehead atoms. The minimum atomic E-state index is 0.0502. The number of carbonyl (C=O) groups excluding carboxylic acids is 1. The molecule has 1 aliphatic heterocycles. The molecule has 1 amide bonds. The molecule has 8 nitrogen and oxygen atoms in total. The molecule has 3 aromatic rings. The van der Waals surface area contributed by atoms with Crippen LogP contribution in [0, 0.1) is 0 Å².